The molecule has 0 aliphatic heterocycles. The van der Waals surface area contributed by atoms with Crippen LogP contribution < -0.4 is 15.4 Å². The number of anilines is 1. The van der Waals surface area contributed by atoms with Gasteiger partial charge in [-0.05, 0) is 50.8 Å². The fourth-order valence-corrected chi connectivity index (χ4v) is 3.07. The van der Waals surface area contributed by atoms with Gasteiger partial charge in [0, 0.05) is 0 Å². The maximum atomic E-state index is 12.6. The molecule has 1 aliphatic rings. The number of hydrogen-bond donors (Lipinski definition) is 2. The zero-order valence-corrected chi connectivity index (χ0v) is 14.2. The number of hydrogen-bond acceptors (Lipinski definition) is 2. The molecule has 3 rings (SSSR count). The Morgan fingerprint density at radius 2 is 1.71 bits per heavy atom. The van der Waals surface area contributed by atoms with Crippen LogP contribution in [0.4, 0.5) is 10.5 Å². The molecule has 24 heavy (non-hydrogen) atoms. The molecule has 1 fully saturated rings. The Morgan fingerprint density at radius 1 is 1.04 bits per heavy atom. The van der Waals surface area contributed by atoms with Crippen LogP contribution in [0.1, 0.15) is 38.7 Å². The van der Waals surface area contributed by atoms with Crippen LogP contribution in [0.2, 0.25) is 0 Å². The minimum Gasteiger partial charge on any atom is -0.489 e. The second-order valence-electron chi connectivity index (χ2n) is 6.54. The lowest BCUT2D eigenvalue weighted by molar-refractivity contribution is 0.185. The number of rotatable bonds is 5. The highest BCUT2D eigenvalue weighted by atomic mass is 16.5. The molecule has 0 atom stereocenters. The van der Waals surface area contributed by atoms with Crippen LogP contribution in [-0.4, -0.2) is 12.1 Å². The van der Waals surface area contributed by atoms with Crippen molar-refractivity contribution in [2.24, 2.45) is 0 Å². The van der Waals surface area contributed by atoms with E-state index in [9.17, 15) is 4.79 Å². The predicted octanol–water partition coefficient (Wildman–Crippen LogP) is 4.67. The van der Waals surface area contributed by atoms with Crippen LogP contribution in [0.25, 0.3) is 0 Å². The van der Waals surface area contributed by atoms with E-state index in [-0.39, 0.29) is 17.7 Å². The van der Waals surface area contributed by atoms with Crippen LogP contribution >= 0.6 is 0 Å². The first-order valence-corrected chi connectivity index (χ1v) is 8.49. The van der Waals surface area contributed by atoms with Gasteiger partial charge in [-0.25, -0.2) is 4.79 Å². The molecule has 0 saturated heterocycles. The lowest BCUT2D eigenvalue weighted by Crippen LogP contribution is -2.52. The number of urea groups is 1. The zero-order chi connectivity index (χ0) is 17.0. The summed E-state index contributed by atoms with van der Waals surface area (Å²) in [4.78, 5) is 12.6. The lowest BCUT2D eigenvalue weighted by Gasteiger charge is -2.43. The molecule has 2 aromatic carbocycles. The third-order valence-corrected chi connectivity index (χ3v) is 4.38. The van der Waals surface area contributed by atoms with Crippen molar-refractivity contribution in [3.8, 4) is 5.75 Å². The van der Waals surface area contributed by atoms with Crippen molar-refractivity contribution in [1.82, 2.24) is 5.32 Å². The molecular formula is C20H24N2O2. The molecule has 4 heteroatoms. The van der Waals surface area contributed by atoms with Crippen molar-refractivity contribution < 1.29 is 9.53 Å². The summed E-state index contributed by atoms with van der Waals surface area (Å²) in [7, 11) is 0. The second kappa shape index (κ2) is 6.95. The van der Waals surface area contributed by atoms with Gasteiger partial charge in [0.05, 0.1) is 17.3 Å². The minimum atomic E-state index is -0.251. The van der Waals surface area contributed by atoms with E-state index in [0.717, 1.165) is 24.8 Å². The van der Waals surface area contributed by atoms with Crippen LogP contribution in [0.15, 0.2) is 54.6 Å². The van der Waals surface area contributed by atoms with Crippen LogP contribution in [0.3, 0.4) is 0 Å². The summed E-state index contributed by atoms with van der Waals surface area (Å²) >= 11 is 0. The van der Waals surface area contributed by atoms with Gasteiger partial charge in [-0.15, -0.1) is 0 Å². The van der Waals surface area contributed by atoms with Gasteiger partial charge in [-0.1, -0.05) is 42.5 Å². The summed E-state index contributed by atoms with van der Waals surface area (Å²) in [5.41, 5.74) is 1.60. The highest BCUT2D eigenvalue weighted by Crippen LogP contribution is 2.41. The van der Waals surface area contributed by atoms with E-state index in [2.05, 4.69) is 22.8 Å². The molecule has 0 spiro atoms. The fourth-order valence-electron chi connectivity index (χ4n) is 3.07. The second-order valence-corrected chi connectivity index (χ2v) is 6.54. The number of nitrogens with one attached hydrogen (secondary N) is 2. The Balaban J connectivity index is 1.72. The van der Waals surface area contributed by atoms with Gasteiger partial charge in [0.2, 0.25) is 0 Å². The Kier molecular flexibility index (Phi) is 4.74. The molecule has 2 amide bonds. The Hall–Kier alpha value is -2.49. The highest BCUT2D eigenvalue weighted by molar-refractivity contribution is 5.91. The standard InChI is InChI=1S/C20H24N2O2/c1-15(2)24-18-12-7-6-11-17(18)21-19(23)22-20(13-8-14-20)16-9-4-3-5-10-16/h3-7,9-12,15H,8,13-14H2,1-2H3,(H2,21,22,23). The quantitative estimate of drug-likeness (QED) is 0.839. The first-order chi connectivity index (χ1) is 11.6. The third kappa shape index (κ3) is 3.53. The summed E-state index contributed by atoms with van der Waals surface area (Å²) in [6.45, 7) is 3.94. The van der Waals surface area contributed by atoms with Crippen LogP contribution in [0.5, 0.6) is 5.75 Å². The van der Waals surface area contributed by atoms with Gasteiger partial charge >= 0.3 is 6.03 Å². The smallest absolute Gasteiger partial charge is 0.320 e. The van der Waals surface area contributed by atoms with Gasteiger partial charge in [0.25, 0.3) is 0 Å². The predicted molar refractivity (Wildman–Crippen MR) is 96.3 cm³/mol. The van der Waals surface area contributed by atoms with Crippen molar-refractivity contribution in [3.05, 3.63) is 60.2 Å². The minimum absolute atomic E-state index is 0.0540. The van der Waals surface area contributed by atoms with Crippen LogP contribution in [0, 0.1) is 0 Å². The molecule has 126 valence electrons. The van der Waals surface area contributed by atoms with Gasteiger partial charge in [0.15, 0.2) is 0 Å². The average Bonchev–Trinajstić information content (AvgIpc) is 2.53. The Labute approximate surface area is 143 Å². The van der Waals surface area contributed by atoms with E-state index in [0.29, 0.717) is 11.4 Å². The summed E-state index contributed by atoms with van der Waals surface area (Å²) < 4.78 is 5.76. The summed E-state index contributed by atoms with van der Waals surface area (Å²) in [6, 6.07) is 17.5. The van der Waals surface area contributed by atoms with E-state index in [1.807, 2.05) is 56.3 Å². The monoisotopic (exact) mass is 324 g/mol. The Bertz CT molecular complexity index is 694. The molecule has 2 N–H and O–H groups in total. The third-order valence-electron chi connectivity index (χ3n) is 4.38. The van der Waals surface area contributed by atoms with Gasteiger partial charge in [-0.2, -0.15) is 0 Å². The largest absolute Gasteiger partial charge is 0.489 e. The van der Waals surface area contributed by atoms with Crippen molar-refractivity contribution in [3.63, 3.8) is 0 Å². The summed E-state index contributed by atoms with van der Waals surface area (Å²) in [6.07, 6.45) is 3.11. The lowest BCUT2D eigenvalue weighted by atomic mass is 9.72. The fraction of sp³-hybridized carbons (Fsp3) is 0.350. The molecule has 0 heterocycles. The van der Waals surface area contributed by atoms with Gasteiger partial charge in [-0.3, -0.25) is 0 Å². The van der Waals surface area contributed by atoms with Crippen molar-refractivity contribution >= 4 is 11.7 Å². The first-order valence-electron chi connectivity index (χ1n) is 8.49. The van der Waals surface area contributed by atoms with E-state index >= 15 is 0 Å². The van der Waals surface area contributed by atoms with Crippen LogP contribution in [-0.2, 0) is 5.54 Å². The number of amides is 2. The zero-order valence-electron chi connectivity index (χ0n) is 14.2. The number of ether oxygens (including phenoxy) is 1. The van der Waals surface area contributed by atoms with Crippen molar-refractivity contribution in [2.45, 2.75) is 44.8 Å². The maximum Gasteiger partial charge on any atom is 0.320 e. The molecule has 0 unspecified atom stereocenters. The normalized spacial score (nSPS) is 15.5. The molecule has 0 bridgehead atoms. The maximum absolute atomic E-state index is 12.6. The SMILES string of the molecule is CC(C)Oc1ccccc1NC(=O)NC1(c2ccccc2)CCC1. The van der Waals surface area contributed by atoms with E-state index in [1.165, 1.54) is 0 Å². The molecule has 1 saturated carbocycles. The number of para-hydroxylation sites is 2. The molecule has 0 radical (unpaired) electrons. The van der Waals surface area contributed by atoms with Gasteiger partial charge < -0.3 is 15.4 Å². The Morgan fingerprint density at radius 3 is 2.33 bits per heavy atom. The van der Waals surface area contributed by atoms with E-state index in [1.54, 1.807) is 0 Å². The summed E-state index contributed by atoms with van der Waals surface area (Å²) in [5, 5.41) is 6.10. The highest BCUT2D eigenvalue weighted by Gasteiger charge is 2.40. The molecule has 1 aliphatic carbocycles. The number of carbonyl (C=O) groups excluding carboxylic acids is 1. The van der Waals surface area contributed by atoms with E-state index in [4.69, 9.17) is 4.74 Å². The molecular weight excluding hydrogens is 300 g/mol. The molecule has 4 nitrogen and oxygen atoms in total. The molecule has 0 aromatic heterocycles. The van der Waals surface area contributed by atoms with Crippen molar-refractivity contribution in [2.75, 3.05) is 5.32 Å². The number of benzene rings is 2. The van der Waals surface area contributed by atoms with Crippen molar-refractivity contribution in [1.29, 1.82) is 0 Å². The topological polar surface area (TPSA) is 50.4 Å². The first kappa shape index (κ1) is 16.4. The summed E-state index contributed by atoms with van der Waals surface area (Å²) in [5.74, 6) is 0.685. The number of carbonyl (C=O) groups is 1. The van der Waals surface area contributed by atoms with E-state index < -0.39 is 0 Å². The van der Waals surface area contributed by atoms with Gasteiger partial charge in [0.1, 0.15) is 5.75 Å². The molecule has 2 aromatic rings. The average molecular weight is 324 g/mol.